The SMILES string of the molecule is CCSc1cc(=O)c2cc(C)cc(C(C)Nc3ccc(Cl)c(F)c3C(=O)OC)c2o1. The van der Waals surface area contributed by atoms with Gasteiger partial charge in [0.2, 0.25) is 0 Å². The summed E-state index contributed by atoms with van der Waals surface area (Å²) >= 11 is 7.27. The molecule has 1 atom stereocenters. The molecule has 0 aliphatic carbocycles. The quantitative estimate of drug-likeness (QED) is 0.369. The van der Waals surface area contributed by atoms with Crippen LogP contribution >= 0.6 is 23.4 Å². The molecular formula is C22H21ClFNO4S. The molecule has 0 aliphatic rings. The fraction of sp³-hybridized carbons (Fsp3) is 0.273. The zero-order chi connectivity index (χ0) is 22.0. The highest BCUT2D eigenvalue weighted by Crippen LogP contribution is 2.33. The number of halogens is 2. The van der Waals surface area contributed by atoms with Gasteiger partial charge in [0, 0.05) is 11.6 Å². The van der Waals surface area contributed by atoms with E-state index in [1.807, 2.05) is 26.8 Å². The summed E-state index contributed by atoms with van der Waals surface area (Å²) < 4.78 is 25.2. The van der Waals surface area contributed by atoms with Crippen molar-refractivity contribution in [1.29, 1.82) is 0 Å². The van der Waals surface area contributed by atoms with Crippen LogP contribution in [0, 0.1) is 12.7 Å². The van der Waals surface area contributed by atoms with Gasteiger partial charge in [0.05, 0.1) is 29.2 Å². The number of fused-ring (bicyclic) bond motifs is 1. The van der Waals surface area contributed by atoms with Gasteiger partial charge in [-0.25, -0.2) is 9.18 Å². The van der Waals surface area contributed by atoms with Crippen LogP contribution in [0.5, 0.6) is 0 Å². The number of aryl methyl sites for hydroxylation is 1. The lowest BCUT2D eigenvalue weighted by Crippen LogP contribution is -2.15. The van der Waals surface area contributed by atoms with E-state index in [1.165, 1.54) is 37.1 Å². The molecule has 30 heavy (non-hydrogen) atoms. The van der Waals surface area contributed by atoms with Crippen LogP contribution in [0.1, 0.15) is 41.4 Å². The van der Waals surface area contributed by atoms with E-state index in [0.29, 0.717) is 21.6 Å². The van der Waals surface area contributed by atoms with Gasteiger partial charge in [-0.2, -0.15) is 0 Å². The molecule has 0 saturated heterocycles. The van der Waals surface area contributed by atoms with Crippen LogP contribution in [-0.2, 0) is 4.74 Å². The van der Waals surface area contributed by atoms with Crippen molar-refractivity contribution < 1.29 is 18.3 Å². The average Bonchev–Trinajstić information content (AvgIpc) is 2.70. The number of thioether (sulfide) groups is 1. The van der Waals surface area contributed by atoms with Gasteiger partial charge < -0.3 is 14.5 Å². The summed E-state index contributed by atoms with van der Waals surface area (Å²) in [5.41, 5.74) is 1.87. The van der Waals surface area contributed by atoms with Crippen molar-refractivity contribution in [2.24, 2.45) is 0 Å². The molecule has 0 radical (unpaired) electrons. The Kier molecular flexibility index (Phi) is 6.73. The van der Waals surface area contributed by atoms with Crippen molar-refractivity contribution in [2.45, 2.75) is 31.9 Å². The molecule has 158 valence electrons. The number of carbonyl (C=O) groups excluding carboxylic acids is 1. The summed E-state index contributed by atoms with van der Waals surface area (Å²) in [6, 6.07) is 7.62. The Labute approximate surface area is 182 Å². The van der Waals surface area contributed by atoms with Crippen LogP contribution in [-0.4, -0.2) is 18.8 Å². The third kappa shape index (κ3) is 4.32. The van der Waals surface area contributed by atoms with Crippen LogP contribution in [0.25, 0.3) is 11.0 Å². The third-order valence-corrected chi connectivity index (χ3v) is 5.65. The lowest BCUT2D eigenvalue weighted by Gasteiger charge is -2.20. The number of esters is 1. The Balaban J connectivity index is 2.12. The Hall–Kier alpha value is -2.51. The van der Waals surface area contributed by atoms with Gasteiger partial charge >= 0.3 is 5.97 Å². The van der Waals surface area contributed by atoms with E-state index < -0.39 is 17.8 Å². The number of nitrogens with one attached hydrogen (secondary N) is 1. The van der Waals surface area contributed by atoms with Gasteiger partial charge in [-0.05, 0) is 43.4 Å². The maximum absolute atomic E-state index is 14.5. The molecular weight excluding hydrogens is 429 g/mol. The molecule has 5 nitrogen and oxygen atoms in total. The predicted octanol–water partition coefficient (Wildman–Crippen LogP) is 5.97. The Morgan fingerprint density at radius 2 is 2.07 bits per heavy atom. The lowest BCUT2D eigenvalue weighted by molar-refractivity contribution is 0.0596. The maximum Gasteiger partial charge on any atom is 0.343 e. The molecule has 2 aromatic carbocycles. The van der Waals surface area contributed by atoms with Gasteiger partial charge in [-0.1, -0.05) is 36.4 Å². The molecule has 0 fully saturated rings. The molecule has 1 N–H and O–H groups in total. The van der Waals surface area contributed by atoms with Gasteiger partial charge in [-0.3, -0.25) is 4.79 Å². The summed E-state index contributed by atoms with van der Waals surface area (Å²) in [6.45, 7) is 5.69. The van der Waals surface area contributed by atoms with Crippen molar-refractivity contribution in [1.82, 2.24) is 0 Å². The number of methoxy groups -OCH3 is 1. The minimum absolute atomic E-state index is 0.128. The number of benzene rings is 2. The molecule has 0 amide bonds. The zero-order valence-electron chi connectivity index (χ0n) is 17.0. The van der Waals surface area contributed by atoms with Crippen molar-refractivity contribution in [3.63, 3.8) is 0 Å². The van der Waals surface area contributed by atoms with E-state index in [0.717, 1.165) is 11.3 Å². The largest absolute Gasteiger partial charge is 0.465 e. The minimum Gasteiger partial charge on any atom is -0.465 e. The molecule has 3 rings (SSSR count). The molecule has 3 aromatic rings. The Morgan fingerprint density at radius 3 is 2.73 bits per heavy atom. The van der Waals surface area contributed by atoms with E-state index >= 15 is 0 Å². The molecule has 0 spiro atoms. The molecule has 0 saturated carbocycles. The number of ether oxygens (including phenoxy) is 1. The van der Waals surface area contributed by atoms with Gasteiger partial charge in [0.25, 0.3) is 0 Å². The standard InChI is InChI=1S/C22H21ClFNO4S/c1-5-30-18-10-17(26)14-9-11(2)8-13(21(14)29-18)12(3)25-16-7-6-15(23)20(24)19(16)22(27)28-4/h6-10,12,25H,5H2,1-4H3. The number of rotatable bonds is 6. The highest BCUT2D eigenvalue weighted by Gasteiger charge is 2.23. The van der Waals surface area contributed by atoms with Crippen molar-refractivity contribution >= 4 is 46.0 Å². The second-order valence-electron chi connectivity index (χ2n) is 6.74. The lowest BCUT2D eigenvalue weighted by atomic mass is 10.0. The normalized spacial score (nSPS) is 12.1. The predicted molar refractivity (Wildman–Crippen MR) is 118 cm³/mol. The van der Waals surface area contributed by atoms with Gasteiger partial charge in [0.15, 0.2) is 16.3 Å². The zero-order valence-corrected chi connectivity index (χ0v) is 18.5. The molecule has 1 heterocycles. The first-order valence-corrected chi connectivity index (χ1v) is 10.7. The number of anilines is 1. The highest BCUT2D eigenvalue weighted by atomic mass is 35.5. The first-order chi connectivity index (χ1) is 14.3. The minimum atomic E-state index is -0.858. The van der Waals surface area contributed by atoms with Crippen LogP contribution in [0.4, 0.5) is 10.1 Å². The summed E-state index contributed by atoms with van der Waals surface area (Å²) in [7, 11) is 1.17. The van der Waals surface area contributed by atoms with Crippen LogP contribution < -0.4 is 10.7 Å². The fourth-order valence-corrected chi connectivity index (χ4v) is 4.01. The van der Waals surface area contributed by atoms with Crippen molar-refractivity contribution in [3.8, 4) is 0 Å². The second-order valence-corrected chi connectivity index (χ2v) is 8.41. The number of carbonyl (C=O) groups is 1. The van der Waals surface area contributed by atoms with E-state index in [2.05, 4.69) is 5.32 Å². The number of hydrogen-bond donors (Lipinski definition) is 1. The number of hydrogen-bond acceptors (Lipinski definition) is 6. The van der Waals surface area contributed by atoms with Gasteiger partial charge in [-0.15, -0.1) is 0 Å². The second kappa shape index (κ2) is 9.10. The van der Waals surface area contributed by atoms with Crippen LogP contribution in [0.15, 0.2) is 44.6 Å². The first-order valence-electron chi connectivity index (χ1n) is 9.30. The van der Waals surface area contributed by atoms with E-state index in [1.54, 1.807) is 6.07 Å². The average molecular weight is 450 g/mol. The first kappa shape index (κ1) is 22.2. The van der Waals surface area contributed by atoms with Crippen molar-refractivity contribution in [3.05, 3.63) is 68.1 Å². The summed E-state index contributed by atoms with van der Waals surface area (Å²) in [5.74, 6) is -0.939. The third-order valence-electron chi connectivity index (χ3n) is 4.59. The van der Waals surface area contributed by atoms with E-state index in [4.69, 9.17) is 20.8 Å². The summed E-state index contributed by atoms with van der Waals surface area (Å²) in [5, 5.41) is 3.95. The Bertz CT molecular complexity index is 1180. The van der Waals surface area contributed by atoms with E-state index in [-0.39, 0.29) is 21.7 Å². The smallest absolute Gasteiger partial charge is 0.343 e. The van der Waals surface area contributed by atoms with E-state index in [9.17, 15) is 14.0 Å². The summed E-state index contributed by atoms with van der Waals surface area (Å²) in [4.78, 5) is 24.7. The van der Waals surface area contributed by atoms with Crippen LogP contribution in [0.2, 0.25) is 5.02 Å². The van der Waals surface area contributed by atoms with Gasteiger partial charge in [0.1, 0.15) is 11.1 Å². The molecule has 0 bridgehead atoms. The van der Waals surface area contributed by atoms with Crippen molar-refractivity contribution in [2.75, 3.05) is 18.2 Å². The molecule has 0 aliphatic heterocycles. The monoisotopic (exact) mass is 449 g/mol. The molecule has 1 unspecified atom stereocenters. The maximum atomic E-state index is 14.5. The highest BCUT2D eigenvalue weighted by molar-refractivity contribution is 7.99. The molecule has 8 heteroatoms. The molecule has 1 aromatic heterocycles. The fourth-order valence-electron chi connectivity index (χ4n) is 3.23. The van der Waals surface area contributed by atoms with Crippen LogP contribution in [0.3, 0.4) is 0 Å². The Morgan fingerprint density at radius 1 is 1.33 bits per heavy atom. The summed E-state index contributed by atoms with van der Waals surface area (Å²) in [6.07, 6.45) is 0. The topological polar surface area (TPSA) is 68.5 Å².